The number of carbonyl (C=O) groups excluding carboxylic acids is 1. The van der Waals surface area contributed by atoms with Crippen molar-refractivity contribution in [2.24, 2.45) is 11.1 Å². The van der Waals surface area contributed by atoms with Crippen molar-refractivity contribution in [3.8, 4) is 0 Å². The van der Waals surface area contributed by atoms with Gasteiger partial charge in [0.2, 0.25) is 5.91 Å². The molecule has 5 heteroatoms. The first-order valence-corrected chi connectivity index (χ1v) is 7.08. The Kier molecular flexibility index (Phi) is 4.09. The van der Waals surface area contributed by atoms with Crippen LogP contribution < -0.4 is 11.1 Å². The van der Waals surface area contributed by atoms with Gasteiger partial charge in [-0.15, -0.1) is 0 Å². The third kappa shape index (κ3) is 3.04. The van der Waals surface area contributed by atoms with Gasteiger partial charge in [0.05, 0.1) is 5.41 Å². The van der Waals surface area contributed by atoms with E-state index in [1.807, 2.05) is 19.9 Å². The van der Waals surface area contributed by atoms with Crippen molar-refractivity contribution >= 4 is 29.1 Å². The molecule has 0 radical (unpaired) electrons. The molecule has 0 fully saturated rings. The van der Waals surface area contributed by atoms with Gasteiger partial charge in [-0.2, -0.15) is 0 Å². The molecule has 0 heterocycles. The van der Waals surface area contributed by atoms with Gasteiger partial charge in [0, 0.05) is 22.6 Å². The van der Waals surface area contributed by atoms with E-state index in [2.05, 4.69) is 5.32 Å². The standard InChI is InChI=1S/C14H18Cl2N2O/c1-14(2,13(17)19)7-18-12-4-3-9-10(12)5-8(15)6-11(9)16/h5-6,12,18H,3-4,7H2,1-2H3,(H2,17,19). The second-order valence-corrected chi connectivity index (χ2v) is 6.52. The smallest absolute Gasteiger partial charge is 0.224 e. The molecule has 0 saturated heterocycles. The van der Waals surface area contributed by atoms with Crippen LogP contribution in [0.5, 0.6) is 0 Å². The van der Waals surface area contributed by atoms with Gasteiger partial charge in [-0.05, 0) is 49.9 Å². The largest absolute Gasteiger partial charge is 0.369 e. The molecule has 0 aromatic heterocycles. The fraction of sp³-hybridized carbons (Fsp3) is 0.500. The van der Waals surface area contributed by atoms with Crippen LogP contribution in [0.3, 0.4) is 0 Å². The second-order valence-electron chi connectivity index (χ2n) is 5.68. The minimum atomic E-state index is -0.564. The van der Waals surface area contributed by atoms with E-state index in [0.29, 0.717) is 11.6 Å². The van der Waals surface area contributed by atoms with Crippen LogP contribution in [0.2, 0.25) is 10.0 Å². The molecule has 0 aliphatic heterocycles. The van der Waals surface area contributed by atoms with Gasteiger partial charge in [-0.3, -0.25) is 4.79 Å². The van der Waals surface area contributed by atoms with Gasteiger partial charge >= 0.3 is 0 Å². The normalized spacial score (nSPS) is 18.4. The molecule has 2 rings (SSSR count). The summed E-state index contributed by atoms with van der Waals surface area (Å²) in [6.45, 7) is 4.21. The van der Waals surface area contributed by atoms with E-state index >= 15 is 0 Å². The molecular formula is C14H18Cl2N2O. The number of primary amides is 1. The Bertz CT molecular complexity index is 514. The summed E-state index contributed by atoms with van der Waals surface area (Å²) >= 11 is 12.2. The molecule has 0 saturated carbocycles. The maximum absolute atomic E-state index is 11.3. The predicted molar refractivity (Wildman–Crippen MR) is 78.5 cm³/mol. The van der Waals surface area contributed by atoms with Gasteiger partial charge in [0.25, 0.3) is 0 Å². The van der Waals surface area contributed by atoms with E-state index < -0.39 is 5.41 Å². The van der Waals surface area contributed by atoms with Crippen molar-refractivity contribution in [1.82, 2.24) is 5.32 Å². The Morgan fingerprint density at radius 3 is 2.79 bits per heavy atom. The summed E-state index contributed by atoms with van der Waals surface area (Å²) in [7, 11) is 0. The zero-order valence-corrected chi connectivity index (χ0v) is 12.6. The van der Waals surface area contributed by atoms with Gasteiger partial charge in [-0.1, -0.05) is 23.2 Å². The topological polar surface area (TPSA) is 55.1 Å². The molecule has 104 valence electrons. The number of nitrogens with two attached hydrogens (primary N) is 1. The lowest BCUT2D eigenvalue weighted by Crippen LogP contribution is -2.41. The molecule has 0 bridgehead atoms. The zero-order chi connectivity index (χ0) is 14.2. The molecule has 0 spiro atoms. The quantitative estimate of drug-likeness (QED) is 0.898. The summed E-state index contributed by atoms with van der Waals surface area (Å²) in [6, 6.07) is 3.91. The molecule has 1 atom stereocenters. The van der Waals surface area contributed by atoms with Crippen molar-refractivity contribution in [2.75, 3.05) is 6.54 Å². The van der Waals surface area contributed by atoms with Crippen LogP contribution in [0.25, 0.3) is 0 Å². The molecule has 1 aromatic rings. The molecule has 19 heavy (non-hydrogen) atoms. The first-order chi connectivity index (χ1) is 8.81. The number of hydrogen-bond donors (Lipinski definition) is 2. The second kappa shape index (κ2) is 5.31. The molecule has 1 aliphatic rings. The molecule has 1 unspecified atom stereocenters. The van der Waals surface area contributed by atoms with E-state index in [1.165, 1.54) is 0 Å². The van der Waals surface area contributed by atoms with Crippen molar-refractivity contribution in [1.29, 1.82) is 0 Å². The summed E-state index contributed by atoms with van der Waals surface area (Å²) in [4.78, 5) is 11.3. The predicted octanol–water partition coefficient (Wildman–Crippen LogP) is 3.08. The molecular weight excluding hydrogens is 283 g/mol. The van der Waals surface area contributed by atoms with Crippen LogP contribution in [0.15, 0.2) is 12.1 Å². The molecule has 3 N–H and O–H groups in total. The highest BCUT2D eigenvalue weighted by molar-refractivity contribution is 6.35. The first kappa shape index (κ1) is 14.6. The van der Waals surface area contributed by atoms with E-state index in [4.69, 9.17) is 28.9 Å². The Morgan fingerprint density at radius 1 is 1.47 bits per heavy atom. The van der Waals surface area contributed by atoms with Crippen molar-refractivity contribution < 1.29 is 4.79 Å². The van der Waals surface area contributed by atoms with Gasteiger partial charge in [0.15, 0.2) is 0 Å². The first-order valence-electron chi connectivity index (χ1n) is 6.32. The number of nitrogens with one attached hydrogen (secondary N) is 1. The summed E-state index contributed by atoms with van der Waals surface area (Å²) in [5, 5.41) is 4.76. The lowest BCUT2D eigenvalue weighted by Gasteiger charge is -2.24. The minimum Gasteiger partial charge on any atom is -0.369 e. The molecule has 1 aliphatic carbocycles. The zero-order valence-electron chi connectivity index (χ0n) is 11.1. The molecule has 1 amide bonds. The Morgan fingerprint density at radius 2 is 2.16 bits per heavy atom. The fourth-order valence-electron chi connectivity index (χ4n) is 2.32. The number of rotatable bonds is 4. The van der Waals surface area contributed by atoms with Crippen LogP contribution in [0.4, 0.5) is 0 Å². The van der Waals surface area contributed by atoms with Crippen molar-refractivity contribution in [2.45, 2.75) is 32.7 Å². The Balaban J connectivity index is 2.13. The molecule has 3 nitrogen and oxygen atoms in total. The molecule has 1 aromatic carbocycles. The summed E-state index contributed by atoms with van der Waals surface area (Å²) in [5.74, 6) is -0.303. The fourth-order valence-corrected chi connectivity index (χ4v) is 2.92. The average molecular weight is 301 g/mol. The third-order valence-electron chi connectivity index (χ3n) is 3.71. The maximum atomic E-state index is 11.3. The van der Waals surface area contributed by atoms with Gasteiger partial charge in [0.1, 0.15) is 0 Å². The monoisotopic (exact) mass is 300 g/mol. The lowest BCUT2D eigenvalue weighted by molar-refractivity contribution is -0.125. The number of hydrogen-bond acceptors (Lipinski definition) is 2. The summed E-state index contributed by atoms with van der Waals surface area (Å²) in [5.41, 5.74) is 7.10. The van der Waals surface area contributed by atoms with Gasteiger partial charge in [-0.25, -0.2) is 0 Å². The van der Waals surface area contributed by atoms with E-state index in [0.717, 1.165) is 29.0 Å². The van der Waals surface area contributed by atoms with Crippen LogP contribution in [0.1, 0.15) is 37.4 Å². The van der Waals surface area contributed by atoms with E-state index in [1.54, 1.807) is 6.07 Å². The van der Waals surface area contributed by atoms with Crippen LogP contribution >= 0.6 is 23.2 Å². The van der Waals surface area contributed by atoms with Crippen LogP contribution in [-0.2, 0) is 11.2 Å². The minimum absolute atomic E-state index is 0.185. The third-order valence-corrected chi connectivity index (χ3v) is 4.27. The average Bonchev–Trinajstić information content (AvgIpc) is 2.69. The highest BCUT2D eigenvalue weighted by atomic mass is 35.5. The van der Waals surface area contributed by atoms with Gasteiger partial charge < -0.3 is 11.1 Å². The number of halogens is 2. The van der Waals surface area contributed by atoms with E-state index in [9.17, 15) is 4.79 Å². The van der Waals surface area contributed by atoms with Crippen molar-refractivity contribution in [3.05, 3.63) is 33.3 Å². The highest BCUT2D eigenvalue weighted by Crippen LogP contribution is 2.38. The van der Waals surface area contributed by atoms with Crippen LogP contribution in [-0.4, -0.2) is 12.5 Å². The SMILES string of the molecule is CC(C)(CNC1CCc2c(Cl)cc(Cl)cc21)C(N)=O. The maximum Gasteiger partial charge on any atom is 0.224 e. The number of benzene rings is 1. The Hall–Kier alpha value is -0.770. The lowest BCUT2D eigenvalue weighted by atomic mass is 9.92. The summed E-state index contributed by atoms with van der Waals surface area (Å²) in [6.07, 6.45) is 1.89. The van der Waals surface area contributed by atoms with E-state index in [-0.39, 0.29) is 11.9 Å². The number of carbonyl (C=O) groups is 1. The Labute approximate surface area is 123 Å². The number of fused-ring (bicyclic) bond motifs is 1. The summed E-state index contributed by atoms with van der Waals surface area (Å²) < 4.78 is 0. The van der Waals surface area contributed by atoms with Crippen LogP contribution in [0, 0.1) is 5.41 Å². The van der Waals surface area contributed by atoms with Crippen molar-refractivity contribution in [3.63, 3.8) is 0 Å². The number of amides is 1. The highest BCUT2D eigenvalue weighted by Gasteiger charge is 2.29.